The van der Waals surface area contributed by atoms with Gasteiger partial charge in [-0.1, -0.05) is 11.6 Å². The number of hydrogen-bond donors (Lipinski definition) is 2. The van der Waals surface area contributed by atoms with Crippen molar-refractivity contribution in [1.82, 2.24) is 14.8 Å². The summed E-state index contributed by atoms with van der Waals surface area (Å²) in [6.07, 6.45) is 5.03. The van der Waals surface area contributed by atoms with Crippen LogP contribution in [0.3, 0.4) is 0 Å². The normalized spacial score (nSPS) is 10.7. The number of aryl methyl sites for hydroxylation is 1. The summed E-state index contributed by atoms with van der Waals surface area (Å²) in [5.74, 6) is 0.0234. The van der Waals surface area contributed by atoms with Crippen LogP contribution in [0.2, 0.25) is 5.02 Å². The number of ether oxygens (including phenoxy) is 2. The monoisotopic (exact) mass is 547 g/mol. The van der Waals surface area contributed by atoms with Crippen molar-refractivity contribution in [3.63, 3.8) is 0 Å². The number of benzene rings is 3. The predicted octanol–water partition coefficient (Wildman–Crippen LogP) is 7.64. The van der Waals surface area contributed by atoms with Gasteiger partial charge in [0.25, 0.3) is 0 Å². The molecule has 0 bridgehead atoms. The maximum Gasteiger partial charge on any atom is 0.323 e. The first-order valence-corrected chi connectivity index (χ1v) is 11.9. The second-order valence-corrected chi connectivity index (χ2v) is 8.77. The Morgan fingerprint density at radius 3 is 2.41 bits per heavy atom. The number of rotatable bonds is 7. The van der Waals surface area contributed by atoms with E-state index in [-0.39, 0.29) is 11.4 Å². The van der Waals surface area contributed by atoms with Crippen LogP contribution in [0.25, 0.3) is 11.3 Å². The van der Waals surface area contributed by atoms with Gasteiger partial charge >= 0.3 is 6.03 Å². The van der Waals surface area contributed by atoms with Crippen LogP contribution in [0.1, 0.15) is 0 Å². The molecule has 0 fully saturated rings. The summed E-state index contributed by atoms with van der Waals surface area (Å²) in [6, 6.07) is 16.8. The molecule has 2 heterocycles. The highest BCUT2D eigenvalue weighted by Gasteiger charge is 2.11. The van der Waals surface area contributed by atoms with Gasteiger partial charge in [0, 0.05) is 59.6 Å². The molecule has 196 valence electrons. The van der Waals surface area contributed by atoms with Gasteiger partial charge in [-0.05, 0) is 54.6 Å². The molecule has 0 saturated heterocycles. The highest BCUT2D eigenvalue weighted by atomic mass is 35.5. The minimum Gasteiger partial charge on any atom is -0.457 e. The van der Waals surface area contributed by atoms with Gasteiger partial charge in [0.05, 0.1) is 11.9 Å². The average Bonchev–Trinajstić information content (AvgIpc) is 3.33. The molecule has 0 saturated carbocycles. The van der Waals surface area contributed by atoms with Crippen molar-refractivity contribution in [2.24, 2.45) is 7.05 Å². The molecule has 2 N–H and O–H groups in total. The zero-order valence-corrected chi connectivity index (χ0v) is 21.1. The fourth-order valence-corrected chi connectivity index (χ4v) is 3.83. The maximum atomic E-state index is 14.8. The summed E-state index contributed by atoms with van der Waals surface area (Å²) in [6.45, 7) is 0. The van der Waals surface area contributed by atoms with E-state index in [2.05, 4.69) is 20.7 Å². The maximum absolute atomic E-state index is 14.8. The van der Waals surface area contributed by atoms with Crippen molar-refractivity contribution < 1.29 is 23.0 Å². The number of amides is 2. The number of pyridine rings is 1. The SMILES string of the molecule is Cn1cc(-c2cc(Oc3ccc(NC(=O)Nc4cc(Cl)cc(Oc5ccc(F)cc5)c4)cc3F)ccn2)cn1. The van der Waals surface area contributed by atoms with Gasteiger partial charge in [-0.2, -0.15) is 5.10 Å². The second-order valence-electron chi connectivity index (χ2n) is 8.34. The third kappa shape index (κ3) is 6.68. The third-order valence-corrected chi connectivity index (χ3v) is 5.55. The van der Waals surface area contributed by atoms with Crippen molar-refractivity contribution in [1.29, 1.82) is 0 Å². The van der Waals surface area contributed by atoms with Crippen molar-refractivity contribution in [2.75, 3.05) is 10.6 Å². The Balaban J connectivity index is 1.23. The van der Waals surface area contributed by atoms with Crippen LogP contribution in [-0.4, -0.2) is 20.8 Å². The molecule has 0 radical (unpaired) electrons. The lowest BCUT2D eigenvalue weighted by Crippen LogP contribution is -2.19. The summed E-state index contributed by atoms with van der Waals surface area (Å²) in [5.41, 5.74) is 1.96. The first-order chi connectivity index (χ1) is 18.8. The molecule has 11 heteroatoms. The molecular weight excluding hydrogens is 528 g/mol. The lowest BCUT2D eigenvalue weighted by molar-refractivity contribution is 0.262. The Hall–Kier alpha value is -4.96. The van der Waals surface area contributed by atoms with E-state index in [9.17, 15) is 13.6 Å². The van der Waals surface area contributed by atoms with E-state index in [4.69, 9.17) is 21.1 Å². The zero-order valence-electron chi connectivity index (χ0n) is 20.4. The van der Waals surface area contributed by atoms with Crippen LogP contribution in [0.5, 0.6) is 23.0 Å². The molecule has 0 spiro atoms. The Kier molecular flexibility index (Phi) is 7.37. The molecule has 0 atom stereocenters. The number of halogens is 3. The van der Waals surface area contributed by atoms with Crippen LogP contribution >= 0.6 is 11.6 Å². The smallest absolute Gasteiger partial charge is 0.323 e. The van der Waals surface area contributed by atoms with Gasteiger partial charge in [0.1, 0.15) is 23.1 Å². The summed E-state index contributed by atoms with van der Waals surface area (Å²) in [4.78, 5) is 16.8. The van der Waals surface area contributed by atoms with Crippen LogP contribution < -0.4 is 20.1 Å². The fraction of sp³-hybridized carbons (Fsp3) is 0.0357. The van der Waals surface area contributed by atoms with E-state index in [0.29, 0.717) is 33.7 Å². The van der Waals surface area contributed by atoms with Crippen LogP contribution in [0, 0.1) is 11.6 Å². The summed E-state index contributed by atoms with van der Waals surface area (Å²) in [7, 11) is 1.80. The molecule has 39 heavy (non-hydrogen) atoms. The van der Waals surface area contributed by atoms with Crippen LogP contribution in [0.4, 0.5) is 25.0 Å². The molecule has 0 unspecified atom stereocenters. The van der Waals surface area contributed by atoms with Crippen LogP contribution in [0.15, 0.2) is 91.4 Å². The first-order valence-electron chi connectivity index (χ1n) is 11.6. The molecule has 2 aromatic heterocycles. The number of hydrogen-bond acceptors (Lipinski definition) is 5. The number of carbonyl (C=O) groups is 1. The standard InChI is InChI=1S/C28H20ClF2N5O3/c1-36-16-17(15-33-36)26-14-23(8-9-32-26)39-27-7-4-20(13-25(27)31)34-28(37)35-21-10-18(29)11-24(12-21)38-22-5-2-19(30)3-6-22/h2-16H,1H3,(H2,34,35,37). The summed E-state index contributed by atoms with van der Waals surface area (Å²) >= 11 is 6.15. The summed E-state index contributed by atoms with van der Waals surface area (Å²) < 4.78 is 40.9. The molecule has 8 nitrogen and oxygen atoms in total. The number of carbonyl (C=O) groups excluding carboxylic acids is 1. The first kappa shape index (κ1) is 25.7. The van der Waals surface area contributed by atoms with E-state index in [1.54, 1.807) is 54.6 Å². The van der Waals surface area contributed by atoms with Crippen molar-refractivity contribution in [3.8, 4) is 34.3 Å². The molecule has 3 aromatic carbocycles. The topological polar surface area (TPSA) is 90.3 Å². The number of nitrogens with zero attached hydrogens (tertiary/aromatic N) is 3. The minimum atomic E-state index is -0.676. The van der Waals surface area contributed by atoms with Gasteiger partial charge in [-0.25, -0.2) is 13.6 Å². The van der Waals surface area contributed by atoms with E-state index in [1.165, 1.54) is 42.5 Å². The Bertz CT molecular complexity index is 1640. The van der Waals surface area contributed by atoms with E-state index in [0.717, 1.165) is 11.6 Å². The van der Waals surface area contributed by atoms with E-state index < -0.39 is 17.7 Å². The average molecular weight is 548 g/mol. The second kappa shape index (κ2) is 11.2. The molecule has 0 aliphatic carbocycles. The molecule has 5 aromatic rings. The summed E-state index contributed by atoms with van der Waals surface area (Å²) in [5, 5.41) is 9.61. The fourth-order valence-electron chi connectivity index (χ4n) is 3.60. The van der Waals surface area contributed by atoms with E-state index in [1.807, 2.05) is 0 Å². The molecule has 5 rings (SSSR count). The Morgan fingerprint density at radius 1 is 0.872 bits per heavy atom. The molecular formula is C28H20ClF2N5O3. The van der Waals surface area contributed by atoms with Crippen molar-refractivity contribution in [3.05, 3.63) is 108 Å². The van der Waals surface area contributed by atoms with Gasteiger partial charge in [-0.3, -0.25) is 9.67 Å². The van der Waals surface area contributed by atoms with Gasteiger partial charge in [-0.15, -0.1) is 0 Å². The molecule has 2 amide bonds. The quantitative estimate of drug-likeness (QED) is 0.218. The number of aromatic nitrogens is 3. The van der Waals surface area contributed by atoms with Gasteiger partial charge in [0.15, 0.2) is 11.6 Å². The minimum absolute atomic E-state index is 0.0262. The van der Waals surface area contributed by atoms with E-state index >= 15 is 0 Å². The largest absolute Gasteiger partial charge is 0.457 e. The number of anilines is 2. The highest BCUT2D eigenvalue weighted by molar-refractivity contribution is 6.31. The lowest BCUT2D eigenvalue weighted by atomic mass is 10.2. The van der Waals surface area contributed by atoms with Crippen LogP contribution in [-0.2, 0) is 7.05 Å². The zero-order chi connectivity index (χ0) is 27.4. The number of urea groups is 1. The third-order valence-electron chi connectivity index (χ3n) is 5.33. The highest BCUT2D eigenvalue weighted by Crippen LogP contribution is 2.30. The Morgan fingerprint density at radius 2 is 1.67 bits per heavy atom. The Labute approximate surface area is 226 Å². The predicted molar refractivity (Wildman–Crippen MR) is 143 cm³/mol. The molecule has 0 aliphatic heterocycles. The van der Waals surface area contributed by atoms with Crippen molar-refractivity contribution >= 4 is 29.0 Å². The number of nitrogens with one attached hydrogen (secondary N) is 2. The molecule has 0 aliphatic rings. The van der Waals surface area contributed by atoms with Gasteiger partial charge in [0.2, 0.25) is 0 Å². The van der Waals surface area contributed by atoms with Crippen molar-refractivity contribution in [2.45, 2.75) is 0 Å². The van der Waals surface area contributed by atoms with Gasteiger partial charge < -0.3 is 20.1 Å². The lowest BCUT2D eigenvalue weighted by Gasteiger charge is -2.12.